The van der Waals surface area contributed by atoms with Crippen molar-refractivity contribution in [1.82, 2.24) is 5.32 Å². The Hall–Kier alpha value is -1.51. The minimum Gasteiger partial charge on any atom is -0.495 e. The van der Waals surface area contributed by atoms with Crippen molar-refractivity contribution in [1.29, 1.82) is 0 Å². The molecule has 0 radical (unpaired) electrons. The maximum Gasteiger partial charge on any atom is 0.232 e. The number of methoxy groups -OCH3 is 2. The Morgan fingerprint density at radius 1 is 1.36 bits per heavy atom. The van der Waals surface area contributed by atoms with Crippen LogP contribution in [0.4, 0.5) is 5.69 Å². The number of anilines is 1. The van der Waals surface area contributed by atoms with Crippen LogP contribution in [0.3, 0.4) is 0 Å². The van der Waals surface area contributed by atoms with Crippen molar-refractivity contribution in [2.24, 2.45) is 0 Å². The van der Waals surface area contributed by atoms with E-state index in [0.29, 0.717) is 29.5 Å². The Bertz CT molecular complexity index is 681. The standard InChI is InChI=1S/C16H25ClN2O5S/c1-12(11-23-2)18-16(20)6-5-9-19(25(4,21)22)13-7-8-15(24-3)14(17)10-13/h7-8,10,12H,5-6,9,11H2,1-4H3,(H,18,20)/t12-/m1/s1. The van der Waals surface area contributed by atoms with Crippen molar-refractivity contribution in [3.8, 4) is 5.75 Å². The highest BCUT2D eigenvalue weighted by atomic mass is 35.5. The van der Waals surface area contributed by atoms with Crippen molar-refractivity contribution in [2.45, 2.75) is 25.8 Å². The van der Waals surface area contributed by atoms with Gasteiger partial charge in [0.25, 0.3) is 0 Å². The number of carbonyl (C=O) groups excluding carboxylic acids is 1. The number of carbonyl (C=O) groups is 1. The molecule has 1 aromatic rings. The topological polar surface area (TPSA) is 84.9 Å². The predicted octanol–water partition coefficient (Wildman–Crippen LogP) is 2.05. The van der Waals surface area contributed by atoms with E-state index in [-0.39, 0.29) is 24.9 Å². The molecule has 142 valence electrons. The van der Waals surface area contributed by atoms with Gasteiger partial charge in [-0.05, 0) is 31.5 Å². The van der Waals surface area contributed by atoms with E-state index in [0.717, 1.165) is 6.26 Å². The van der Waals surface area contributed by atoms with E-state index in [4.69, 9.17) is 21.1 Å². The van der Waals surface area contributed by atoms with Crippen molar-refractivity contribution in [3.05, 3.63) is 23.2 Å². The number of ether oxygens (including phenoxy) is 2. The van der Waals surface area contributed by atoms with Crippen molar-refractivity contribution >= 4 is 33.2 Å². The molecule has 7 nitrogen and oxygen atoms in total. The molecule has 0 spiro atoms. The molecule has 0 fully saturated rings. The van der Waals surface area contributed by atoms with Crippen molar-refractivity contribution in [2.75, 3.05) is 37.9 Å². The van der Waals surface area contributed by atoms with Gasteiger partial charge in [0, 0.05) is 26.1 Å². The molecule has 0 saturated carbocycles. The minimum absolute atomic E-state index is 0.0936. The van der Waals surface area contributed by atoms with Gasteiger partial charge in [-0.3, -0.25) is 9.10 Å². The number of benzene rings is 1. The van der Waals surface area contributed by atoms with Gasteiger partial charge in [-0.2, -0.15) is 0 Å². The zero-order chi connectivity index (χ0) is 19.0. The van der Waals surface area contributed by atoms with Crippen molar-refractivity contribution in [3.63, 3.8) is 0 Å². The van der Waals surface area contributed by atoms with Crippen LogP contribution in [0.25, 0.3) is 0 Å². The Balaban J connectivity index is 2.73. The first-order valence-corrected chi connectivity index (χ1v) is 10.0. The number of nitrogens with zero attached hydrogens (tertiary/aromatic N) is 1. The summed E-state index contributed by atoms with van der Waals surface area (Å²) in [7, 11) is -0.455. The van der Waals surface area contributed by atoms with Crippen LogP contribution < -0.4 is 14.4 Å². The number of hydrogen-bond acceptors (Lipinski definition) is 5. The molecule has 0 bridgehead atoms. The molecule has 9 heteroatoms. The molecule has 0 aliphatic heterocycles. The Morgan fingerprint density at radius 2 is 2.04 bits per heavy atom. The summed E-state index contributed by atoms with van der Waals surface area (Å²) in [5.41, 5.74) is 0.432. The highest BCUT2D eigenvalue weighted by Crippen LogP contribution is 2.30. The van der Waals surface area contributed by atoms with Gasteiger partial charge in [-0.25, -0.2) is 8.42 Å². The van der Waals surface area contributed by atoms with Gasteiger partial charge in [0.2, 0.25) is 15.9 Å². The Morgan fingerprint density at radius 3 is 2.56 bits per heavy atom. The molecule has 0 aromatic heterocycles. The molecule has 0 aliphatic rings. The summed E-state index contributed by atoms with van der Waals surface area (Å²) >= 11 is 6.07. The van der Waals surface area contributed by atoms with Gasteiger partial charge >= 0.3 is 0 Å². The zero-order valence-corrected chi connectivity index (χ0v) is 16.5. The number of halogens is 1. The average Bonchev–Trinajstić information content (AvgIpc) is 2.50. The van der Waals surface area contributed by atoms with E-state index < -0.39 is 10.0 Å². The smallest absolute Gasteiger partial charge is 0.232 e. The highest BCUT2D eigenvalue weighted by molar-refractivity contribution is 7.92. The first-order chi connectivity index (χ1) is 11.7. The van der Waals surface area contributed by atoms with Gasteiger partial charge in [0.05, 0.1) is 30.7 Å². The van der Waals surface area contributed by atoms with Crippen LogP contribution >= 0.6 is 11.6 Å². The van der Waals surface area contributed by atoms with Gasteiger partial charge in [-0.1, -0.05) is 11.6 Å². The number of amides is 1. The largest absolute Gasteiger partial charge is 0.495 e. The predicted molar refractivity (Wildman–Crippen MR) is 98.9 cm³/mol. The molecular formula is C16H25ClN2O5S. The molecule has 1 aromatic carbocycles. The molecule has 0 aliphatic carbocycles. The lowest BCUT2D eigenvalue weighted by atomic mass is 10.2. The second-order valence-electron chi connectivity index (χ2n) is 5.68. The number of rotatable bonds is 10. The van der Waals surface area contributed by atoms with Crippen LogP contribution in [-0.4, -0.2) is 54.0 Å². The van der Waals surface area contributed by atoms with Gasteiger partial charge in [0.1, 0.15) is 5.75 Å². The summed E-state index contributed by atoms with van der Waals surface area (Å²) in [5.74, 6) is 0.316. The molecule has 0 heterocycles. The second kappa shape index (κ2) is 9.84. The summed E-state index contributed by atoms with van der Waals surface area (Å²) in [6, 6.07) is 4.66. The first-order valence-electron chi connectivity index (χ1n) is 7.78. The third-order valence-corrected chi connectivity index (χ3v) is 4.90. The maximum atomic E-state index is 12.1. The summed E-state index contributed by atoms with van der Waals surface area (Å²) in [6.45, 7) is 2.43. The number of sulfonamides is 1. The van der Waals surface area contributed by atoms with Crippen LogP contribution in [0.1, 0.15) is 19.8 Å². The van der Waals surface area contributed by atoms with E-state index in [1.807, 2.05) is 6.92 Å². The fourth-order valence-corrected chi connectivity index (χ4v) is 3.53. The Kier molecular flexibility index (Phi) is 8.47. The molecule has 1 atom stereocenters. The summed E-state index contributed by atoms with van der Waals surface area (Å²) in [4.78, 5) is 11.9. The number of nitrogens with one attached hydrogen (secondary N) is 1. The van der Waals surface area contributed by atoms with Crippen LogP contribution in [-0.2, 0) is 19.6 Å². The monoisotopic (exact) mass is 392 g/mol. The summed E-state index contributed by atoms with van der Waals surface area (Å²) in [5, 5.41) is 3.11. The van der Waals surface area contributed by atoms with Gasteiger partial charge < -0.3 is 14.8 Å². The second-order valence-corrected chi connectivity index (χ2v) is 8.00. The van der Waals surface area contributed by atoms with Crippen LogP contribution in [0, 0.1) is 0 Å². The maximum absolute atomic E-state index is 12.1. The van der Waals surface area contributed by atoms with Crippen LogP contribution in [0.2, 0.25) is 5.02 Å². The molecule has 0 saturated heterocycles. The van der Waals surface area contributed by atoms with E-state index >= 15 is 0 Å². The molecule has 1 amide bonds. The van der Waals surface area contributed by atoms with Crippen molar-refractivity contribution < 1.29 is 22.7 Å². The van der Waals surface area contributed by atoms with Gasteiger partial charge in [0.15, 0.2) is 0 Å². The third kappa shape index (κ3) is 7.09. The van der Waals surface area contributed by atoms with Crippen LogP contribution in [0.5, 0.6) is 5.75 Å². The molecule has 1 N–H and O–H groups in total. The summed E-state index contributed by atoms with van der Waals surface area (Å²) < 4.78 is 35.4. The lowest BCUT2D eigenvalue weighted by Crippen LogP contribution is -2.36. The van der Waals surface area contributed by atoms with E-state index in [1.165, 1.54) is 17.5 Å². The average molecular weight is 393 g/mol. The first kappa shape index (κ1) is 21.5. The van der Waals surface area contributed by atoms with E-state index in [9.17, 15) is 13.2 Å². The van der Waals surface area contributed by atoms with E-state index in [1.54, 1.807) is 19.2 Å². The third-order valence-electron chi connectivity index (χ3n) is 3.41. The molecule has 0 unspecified atom stereocenters. The normalized spacial score (nSPS) is 12.5. The zero-order valence-electron chi connectivity index (χ0n) is 14.9. The SMILES string of the molecule is COC[C@@H](C)NC(=O)CCCN(c1ccc(OC)c(Cl)c1)S(C)(=O)=O. The van der Waals surface area contributed by atoms with E-state index in [2.05, 4.69) is 5.32 Å². The minimum atomic E-state index is -3.50. The molecular weight excluding hydrogens is 368 g/mol. The molecule has 25 heavy (non-hydrogen) atoms. The number of hydrogen-bond donors (Lipinski definition) is 1. The molecule has 1 rings (SSSR count). The summed E-state index contributed by atoms with van der Waals surface area (Å²) in [6.07, 6.45) is 1.71. The lowest BCUT2D eigenvalue weighted by Gasteiger charge is -2.23. The quantitative estimate of drug-likeness (QED) is 0.658. The van der Waals surface area contributed by atoms with Gasteiger partial charge in [-0.15, -0.1) is 0 Å². The Labute approximate surface area is 154 Å². The fraction of sp³-hybridized carbons (Fsp3) is 0.562. The lowest BCUT2D eigenvalue weighted by molar-refractivity contribution is -0.122. The van der Waals surface area contributed by atoms with Crippen LogP contribution in [0.15, 0.2) is 18.2 Å². The highest BCUT2D eigenvalue weighted by Gasteiger charge is 2.19. The fourth-order valence-electron chi connectivity index (χ4n) is 2.32.